The molecule has 26 heavy (non-hydrogen) atoms. The molecular formula is C17H17F3N4O2. The molecule has 3 N–H and O–H groups in total. The number of methoxy groups -OCH3 is 1. The summed E-state index contributed by atoms with van der Waals surface area (Å²) in [7, 11) is 1.53. The Morgan fingerprint density at radius 1 is 1.35 bits per heavy atom. The molecule has 1 aromatic carbocycles. The summed E-state index contributed by atoms with van der Waals surface area (Å²) in [6.45, 7) is 1.94. The SMILES string of the molecule is COCc1cc2n(n1)C(c1ccc(C(F)(F)F)cc1)C(C(N)=O)=C(C)N2. The molecule has 0 spiro atoms. The number of fused-ring (bicyclic) bond motifs is 1. The van der Waals surface area contributed by atoms with E-state index < -0.39 is 23.7 Å². The highest BCUT2D eigenvalue weighted by Crippen LogP contribution is 2.37. The number of nitrogens with zero attached hydrogens (tertiary/aromatic N) is 2. The van der Waals surface area contributed by atoms with E-state index in [-0.39, 0.29) is 12.2 Å². The molecule has 2 aromatic rings. The molecule has 0 fully saturated rings. The number of amides is 1. The van der Waals surface area contributed by atoms with Gasteiger partial charge in [0.25, 0.3) is 0 Å². The summed E-state index contributed by atoms with van der Waals surface area (Å²) in [5.41, 5.74) is 6.61. The average molecular weight is 366 g/mol. The highest BCUT2D eigenvalue weighted by molar-refractivity contribution is 5.95. The van der Waals surface area contributed by atoms with Crippen molar-refractivity contribution >= 4 is 11.7 Å². The largest absolute Gasteiger partial charge is 0.416 e. The number of ether oxygens (including phenoxy) is 1. The van der Waals surface area contributed by atoms with Crippen molar-refractivity contribution in [2.45, 2.75) is 25.7 Å². The van der Waals surface area contributed by atoms with Gasteiger partial charge in [-0.2, -0.15) is 18.3 Å². The zero-order valence-electron chi connectivity index (χ0n) is 14.1. The van der Waals surface area contributed by atoms with E-state index >= 15 is 0 Å². The minimum Gasteiger partial charge on any atom is -0.378 e. The standard InChI is InChI=1S/C17H17F3N4O2/c1-9-14(16(21)25)15(10-3-5-11(6-4-10)17(18,19)20)24-13(22-9)7-12(23-24)8-26-2/h3-7,15,22H,8H2,1-2H3,(H2,21,25). The van der Waals surface area contributed by atoms with E-state index in [1.165, 1.54) is 23.9 Å². The maximum absolute atomic E-state index is 12.8. The molecule has 1 aromatic heterocycles. The number of primary amides is 1. The summed E-state index contributed by atoms with van der Waals surface area (Å²) in [6, 6.07) is 5.64. The first-order valence-electron chi connectivity index (χ1n) is 7.74. The lowest BCUT2D eigenvalue weighted by atomic mass is 9.94. The minimum atomic E-state index is -4.44. The van der Waals surface area contributed by atoms with Gasteiger partial charge in [0.2, 0.25) is 5.91 Å². The number of anilines is 1. The summed E-state index contributed by atoms with van der Waals surface area (Å²) in [6.07, 6.45) is -4.44. The Morgan fingerprint density at radius 3 is 2.54 bits per heavy atom. The van der Waals surface area contributed by atoms with Crippen molar-refractivity contribution in [1.29, 1.82) is 0 Å². The highest BCUT2D eigenvalue weighted by atomic mass is 19.4. The predicted octanol–water partition coefficient (Wildman–Crippen LogP) is 2.82. The molecule has 3 rings (SSSR count). The summed E-state index contributed by atoms with van der Waals surface area (Å²) < 4.78 is 45.1. The first-order chi connectivity index (χ1) is 12.2. The van der Waals surface area contributed by atoms with E-state index in [1.54, 1.807) is 13.0 Å². The van der Waals surface area contributed by atoms with Crippen LogP contribution in [-0.2, 0) is 22.3 Å². The normalized spacial score (nSPS) is 17.0. The smallest absolute Gasteiger partial charge is 0.378 e. The quantitative estimate of drug-likeness (QED) is 0.872. The molecular weight excluding hydrogens is 349 g/mol. The Kier molecular flexibility index (Phi) is 4.49. The van der Waals surface area contributed by atoms with Gasteiger partial charge in [0.1, 0.15) is 11.9 Å². The van der Waals surface area contributed by atoms with E-state index in [4.69, 9.17) is 10.5 Å². The average Bonchev–Trinajstić information content (AvgIpc) is 2.94. The van der Waals surface area contributed by atoms with E-state index in [9.17, 15) is 18.0 Å². The Balaban J connectivity index is 2.11. The fourth-order valence-corrected chi connectivity index (χ4v) is 3.02. The topological polar surface area (TPSA) is 82.2 Å². The first kappa shape index (κ1) is 18.0. The third-order valence-corrected chi connectivity index (χ3v) is 4.14. The van der Waals surface area contributed by atoms with Crippen LogP contribution in [0.15, 0.2) is 41.6 Å². The van der Waals surface area contributed by atoms with Gasteiger partial charge >= 0.3 is 6.18 Å². The van der Waals surface area contributed by atoms with Crippen LogP contribution in [0.5, 0.6) is 0 Å². The van der Waals surface area contributed by atoms with Gasteiger partial charge in [-0.1, -0.05) is 12.1 Å². The monoisotopic (exact) mass is 366 g/mol. The van der Waals surface area contributed by atoms with Crippen LogP contribution >= 0.6 is 0 Å². The third-order valence-electron chi connectivity index (χ3n) is 4.14. The van der Waals surface area contributed by atoms with Gasteiger partial charge in [0.15, 0.2) is 0 Å². The molecule has 1 amide bonds. The summed E-state index contributed by atoms with van der Waals surface area (Å²) in [5.74, 6) is -0.0706. The van der Waals surface area contributed by atoms with Crippen LogP contribution in [-0.4, -0.2) is 22.8 Å². The summed E-state index contributed by atoms with van der Waals surface area (Å²) >= 11 is 0. The number of halogens is 3. The lowest BCUT2D eigenvalue weighted by molar-refractivity contribution is -0.137. The molecule has 1 unspecified atom stereocenters. The molecule has 9 heteroatoms. The van der Waals surface area contributed by atoms with Gasteiger partial charge in [0, 0.05) is 18.9 Å². The summed E-state index contributed by atoms with van der Waals surface area (Å²) in [4.78, 5) is 12.0. The Labute approximate surface area is 147 Å². The van der Waals surface area contributed by atoms with E-state index in [0.717, 1.165) is 12.1 Å². The number of benzene rings is 1. The number of nitrogens with one attached hydrogen (secondary N) is 1. The molecule has 0 bridgehead atoms. The maximum Gasteiger partial charge on any atom is 0.416 e. The van der Waals surface area contributed by atoms with Crippen LogP contribution in [0.2, 0.25) is 0 Å². The predicted molar refractivity (Wildman–Crippen MR) is 88.0 cm³/mol. The van der Waals surface area contributed by atoms with Crippen LogP contribution in [0.1, 0.15) is 29.8 Å². The lowest BCUT2D eigenvalue weighted by Crippen LogP contribution is -2.31. The lowest BCUT2D eigenvalue weighted by Gasteiger charge is -2.29. The van der Waals surface area contributed by atoms with Gasteiger partial charge < -0.3 is 15.8 Å². The Morgan fingerprint density at radius 2 is 2.00 bits per heavy atom. The molecule has 0 saturated carbocycles. The van der Waals surface area contributed by atoms with Crippen molar-refractivity contribution in [1.82, 2.24) is 9.78 Å². The minimum absolute atomic E-state index is 0.240. The zero-order valence-corrected chi connectivity index (χ0v) is 14.1. The first-order valence-corrected chi connectivity index (χ1v) is 7.74. The van der Waals surface area contributed by atoms with Crippen LogP contribution in [0.3, 0.4) is 0 Å². The maximum atomic E-state index is 12.8. The van der Waals surface area contributed by atoms with Crippen LogP contribution in [0, 0.1) is 0 Å². The highest BCUT2D eigenvalue weighted by Gasteiger charge is 2.34. The number of nitrogens with two attached hydrogens (primary N) is 1. The molecule has 138 valence electrons. The summed E-state index contributed by atoms with van der Waals surface area (Å²) in [5, 5.41) is 7.45. The number of allylic oxidation sites excluding steroid dienone is 1. The molecule has 1 aliphatic heterocycles. The van der Waals surface area contributed by atoms with Gasteiger partial charge in [-0.15, -0.1) is 0 Å². The van der Waals surface area contributed by atoms with Crippen LogP contribution in [0.4, 0.5) is 19.0 Å². The molecule has 2 heterocycles. The second-order valence-corrected chi connectivity index (χ2v) is 5.95. The van der Waals surface area contributed by atoms with Gasteiger partial charge in [0.05, 0.1) is 23.4 Å². The molecule has 0 aliphatic carbocycles. The number of rotatable bonds is 4. The van der Waals surface area contributed by atoms with Crippen LogP contribution < -0.4 is 11.1 Å². The second-order valence-electron chi connectivity index (χ2n) is 5.95. The third kappa shape index (κ3) is 3.17. The van der Waals surface area contributed by atoms with Crippen molar-refractivity contribution in [2.75, 3.05) is 12.4 Å². The number of carbonyl (C=O) groups excluding carboxylic acids is 1. The Bertz CT molecular complexity index is 869. The van der Waals surface area contributed by atoms with Crippen molar-refractivity contribution in [3.63, 3.8) is 0 Å². The van der Waals surface area contributed by atoms with E-state index in [2.05, 4.69) is 10.4 Å². The molecule has 1 aliphatic rings. The van der Waals surface area contributed by atoms with E-state index in [1.807, 2.05) is 0 Å². The molecule has 0 radical (unpaired) electrons. The fourth-order valence-electron chi connectivity index (χ4n) is 3.02. The fraction of sp³-hybridized carbons (Fsp3) is 0.294. The molecule has 6 nitrogen and oxygen atoms in total. The molecule has 1 atom stereocenters. The molecule has 0 saturated heterocycles. The van der Waals surface area contributed by atoms with Crippen molar-refractivity contribution in [3.05, 3.63) is 58.4 Å². The number of carbonyl (C=O) groups is 1. The number of aromatic nitrogens is 2. The Hall–Kier alpha value is -2.81. The van der Waals surface area contributed by atoms with E-state index in [0.29, 0.717) is 22.8 Å². The van der Waals surface area contributed by atoms with Gasteiger partial charge in [-0.3, -0.25) is 4.79 Å². The number of alkyl halides is 3. The van der Waals surface area contributed by atoms with Gasteiger partial charge in [-0.25, -0.2) is 4.68 Å². The van der Waals surface area contributed by atoms with Gasteiger partial charge in [-0.05, 0) is 24.6 Å². The zero-order chi connectivity index (χ0) is 19.1. The van der Waals surface area contributed by atoms with Crippen molar-refractivity contribution < 1.29 is 22.7 Å². The van der Waals surface area contributed by atoms with Crippen molar-refractivity contribution in [2.24, 2.45) is 5.73 Å². The van der Waals surface area contributed by atoms with Crippen LogP contribution in [0.25, 0.3) is 0 Å². The second kappa shape index (κ2) is 6.49. The number of hydrogen-bond acceptors (Lipinski definition) is 4. The van der Waals surface area contributed by atoms with Crippen molar-refractivity contribution in [3.8, 4) is 0 Å². The number of hydrogen-bond donors (Lipinski definition) is 2.